The van der Waals surface area contributed by atoms with Crippen molar-refractivity contribution < 1.29 is 19.1 Å². The Balaban J connectivity index is 2.41. The van der Waals surface area contributed by atoms with Crippen LogP contribution in [0.5, 0.6) is 0 Å². The highest BCUT2D eigenvalue weighted by Crippen LogP contribution is 2.23. The van der Waals surface area contributed by atoms with E-state index in [2.05, 4.69) is 10.6 Å². The number of likely N-dealkylation sites (N-methyl/N-ethyl adjacent to an activating group) is 1. The van der Waals surface area contributed by atoms with Crippen LogP contribution in [0.4, 0.5) is 4.79 Å². The van der Waals surface area contributed by atoms with Gasteiger partial charge in [-0.2, -0.15) is 0 Å². The fourth-order valence-electron chi connectivity index (χ4n) is 3.70. The number of benzene rings is 2. The number of hydrogen-bond donors (Lipinski definition) is 2. The lowest BCUT2D eigenvalue weighted by molar-refractivity contribution is -0.141. The molecule has 2 aromatic rings. The van der Waals surface area contributed by atoms with Crippen LogP contribution < -0.4 is 10.6 Å². The van der Waals surface area contributed by atoms with E-state index in [1.54, 1.807) is 27.8 Å². The average molecular weight is 482 g/mol. The predicted molar refractivity (Wildman–Crippen MR) is 138 cm³/mol. The Labute approximate surface area is 209 Å². The van der Waals surface area contributed by atoms with Crippen molar-refractivity contribution in [3.05, 3.63) is 71.3 Å². The van der Waals surface area contributed by atoms with Gasteiger partial charge < -0.3 is 20.3 Å². The van der Waals surface area contributed by atoms with Crippen LogP contribution in [0.1, 0.15) is 64.3 Å². The van der Waals surface area contributed by atoms with Crippen LogP contribution in [0.15, 0.2) is 54.6 Å². The van der Waals surface area contributed by atoms with Gasteiger partial charge in [0.1, 0.15) is 17.7 Å². The molecule has 0 aliphatic rings. The minimum atomic E-state index is -0.924. The first-order chi connectivity index (χ1) is 16.2. The summed E-state index contributed by atoms with van der Waals surface area (Å²) in [5, 5.41) is 5.71. The molecule has 2 aromatic carbocycles. The number of carbonyl (C=O) groups is 3. The van der Waals surface area contributed by atoms with E-state index in [-0.39, 0.29) is 12.3 Å². The van der Waals surface area contributed by atoms with Crippen LogP contribution >= 0.6 is 0 Å². The van der Waals surface area contributed by atoms with E-state index < -0.39 is 35.2 Å². The number of nitrogens with zero attached hydrogens (tertiary/aromatic N) is 1. The van der Waals surface area contributed by atoms with Gasteiger partial charge in [-0.3, -0.25) is 9.59 Å². The van der Waals surface area contributed by atoms with Gasteiger partial charge in [0, 0.05) is 19.0 Å². The largest absolute Gasteiger partial charge is 0.444 e. The molecule has 0 fully saturated rings. The van der Waals surface area contributed by atoms with E-state index in [1.165, 1.54) is 4.90 Å². The monoisotopic (exact) mass is 481 g/mol. The lowest BCUT2D eigenvalue weighted by Gasteiger charge is -2.33. The van der Waals surface area contributed by atoms with E-state index >= 15 is 0 Å². The summed E-state index contributed by atoms with van der Waals surface area (Å²) < 4.78 is 5.41. The summed E-state index contributed by atoms with van der Waals surface area (Å²) in [5.41, 5.74) is 1.35. The normalized spacial score (nSPS) is 13.4. The SMILES string of the molecule is Cc1cccc(C(C(=O)NC(C)(C)C)N(C)C(=O)C(Cc2ccccc2)NC(=O)OC(C)(C)C)c1. The van der Waals surface area contributed by atoms with Crippen molar-refractivity contribution in [1.29, 1.82) is 0 Å². The zero-order valence-electron chi connectivity index (χ0n) is 22.1. The Morgan fingerprint density at radius 3 is 2.11 bits per heavy atom. The van der Waals surface area contributed by atoms with Crippen molar-refractivity contribution in [2.45, 2.75) is 78.1 Å². The van der Waals surface area contributed by atoms with Crippen LogP contribution in [0.3, 0.4) is 0 Å². The van der Waals surface area contributed by atoms with Crippen molar-refractivity contribution in [1.82, 2.24) is 15.5 Å². The zero-order chi connectivity index (χ0) is 26.4. The van der Waals surface area contributed by atoms with Gasteiger partial charge >= 0.3 is 6.09 Å². The molecule has 0 saturated heterocycles. The summed E-state index contributed by atoms with van der Waals surface area (Å²) in [6, 6.07) is 15.1. The fraction of sp³-hybridized carbons (Fsp3) is 0.464. The maximum Gasteiger partial charge on any atom is 0.408 e. The number of aryl methyl sites for hydroxylation is 1. The molecule has 0 radical (unpaired) electrons. The molecule has 0 aliphatic carbocycles. The van der Waals surface area contributed by atoms with Gasteiger partial charge in [-0.25, -0.2) is 4.79 Å². The molecule has 3 amide bonds. The maximum atomic E-state index is 13.8. The Kier molecular flexibility index (Phi) is 9.07. The van der Waals surface area contributed by atoms with Gasteiger partial charge in [-0.05, 0) is 59.6 Å². The van der Waals surface area contributed by atoms with E-state index in [9.17, 15) is 14.4 Å². The third-order valence-electron chi connectivity index (χ3n) is 5.11. The molecule has 0 heterocycles. The highest BCUT2D eigenvalue weighted by Gasteiger charge is 2.35. The molecule has 0 saturated carbocycles. The van der Waals surface area contributed by atoms with Crippen LogP contribution in [0.25, 0.3) is 0 Å². The van der Waals surface area contributed by atoms with Crippen LogP contribution in [0, 0.1) is 6.92 Å². The number of nitrogens with one attached hydrogen (secondary N) is 2. The van der Waals surface area contributed by atoms with E-state index in [0.717, 1.165) is 11.1 Å². The number of ether oxygens (including phenoxy) is 1. The molecule has 0 bridgehead atoms. The zero-order valence-corrected chi connectivity index (χ0v) is 22.1. The quantitative estimate of drug-likeness (QED) is 0.608. The first-order valence-electron chi connectivity index (χ1n) is 11.8. The smallest absolute Gasteiger partial charge is 0.408 e. The first kappa shape index (κ1) is 27.9. The second-order valence-electron chi connectivity index (χ2n) is 10.9. The van der Waals surface area contributed by atoms with E-state index in [0.29, 0.717) is 5.56 Å². The molecule has 2 atom stereocenters. The van der Waals surface area contributed by atoms with Crippen molar-refractivity contribution in [3.8, 4) is 0 Å². The third-order valence-corrected chi connectivity index (χ3v) is 5.11. The number of alkyl carbamates (subject to hydrolysis) is 1. The summed E-state index contributed by atoms with van der Waals surface area (Å²) >= 11 is 0. The van der Waals surface area contributed by atoms with Gasteiger partial charge in [0.25, 0.3) is 0 Å². The third kappa shape index (κ3) is 9.08. The molecule has 2 N–H and O–H groups in total. The molecular formula is C28H39N3O4. The van der Waals surface area contributed by atoms with Crippen molar-refractivity contribution in [3.63, 3.8) is 0 Å². The molecule has 35 heavy (non-hydrogen) atoms. The van der Waals surface area contributed by atoms with Crippen LogP contribution in [0.2, 0.25) is 0 Å². The van der Waals surface area contributed by atoms with Gasteiger partial charge in [0.05, 0.1) is 0 Å². The van der Waals surface area contributed by atoms with Crippen molar-refractivity contribution in [2.75, 3.05) is 7.05 Å². The van der Waals surface area contributed by atoms with Gasteiger partial charge in [0.15, 0.2) is 0 Å². The first-order valence-corrected chi connectivity index (χ1v) is 11.8. The number of rotatable bonds is 7. The Morgan fingerprint density at radius 1 is 0.943 bits per heavy atom. The molecule has 2 unspecified atom stereocenters. The standard InChI is InChI=1S/C28H39N3O4/c1-19-13-12-16-21(17-19)23(24(32)30-27(2,3)4)31(8)25(33)22(18-20-14-10-9-11-15-20)29-26(34)35-28(5,6)7/h9-17,22-23H,18H2,1-8H3,(H,29,34)(H,30,32). The molecular weight excluding hydrogens is 442 g/mol. The topological polar surface area (TPSA) is 87.7 Å². The minimum Gasteiger partial charge on any atom is -0.444 e. The molecule has 2 rings (SSSR count). The van der Waals surface area contributed by atoms with E-state index in [1.807, 2.05) is 82.3 Å². The molecule has 0 aromatic heterocycles. The van der Waals surface area contributed by atoms with Gasteiger partial charge in [-0.15, -0.1) is 0 Å². The Bertz CT molecular complexity index is 1020. The summed E-state index contributed by atoms with van der Waals surface area (Å²) in [4.78, 5) is 41.2. The summed E-state index contributed by atoms with van der Waals surface area (Å²) in [5.74, 6) is -0.690. The Morgan fingerprint density at radius 2 is 1.57 bits per heavy atom. The number of hydrogen-bond acceptors (Lipinski definition) is 4. The lowest BCUT2D eigenvalue weighted by Crippen LogP contribution is -2.54. The van der Waals surface area contributed by atoms with Gasteiger partial charge in [-0.1, -0.05) is 60.2 Å². The lowest BCUT2D eigenvalue weighted by atomic mass is 9.98. The van der Waals surface area contributed by atoms with Gasteiger partial charge in [0.2, 0.25) is 11.8 Å². The maximum absolute atomic E-state index is 13.8. The molecule has 190 valence electrons. The summed E-state index contributed by atoms with van der Waals surface area (Å²) in [6.45, 7) is 12.9. The Hall–Kier alpha value is -3.35. The average Bonchev–Trinajstić information content (AvgIpc) is 2.71. The fourth-order valence-corrected chi connectivity index (χ4v) is 3.70. The van der Waals surface area contributed by atoms with Crippen molar-refractivity contribution in [2.24, 2.45) is 0 Å². The minimum absolute atomic E-state index is 0.255. The second kappa shape index (κ2) is 11.4. The molecule has 7 heteroatoms. The summed E-state index contributed by atoms with van der Waals surface area (Å²) in [7, 11) is 1.59. The highest BCUT2D eigenvalue weighted by atomic mass is 16.6. The molecule has 0 spiro atoms. The predicted octanol–water partition coefficient (Wildman–Crippen LogP) is 4.55. The van der Waals surface area contributed by atoms with Crippen LogP contribution in [-0.2, 0) is 20.7 Å². The number of carbonyl (C=O) groups excluding carboxylic acids is 3. The second-order valence-corrected chi connectivity index (χ2v) is 10.9. The van der Waals surface area contributed by atoms with Crippen molar-refractivity contribution >= 4 is 17.9 Å². The number of amides is 3. The molecule has 7 nitrogen and oxygen atoms in total. The summed E-state index contributed by atoms with van der Waals surface area (Å²) in [6.07, 6.45) is -0.434. The van der Waals surface area contributed by atoms with E-state index in [4.69, 9.17) is 4.74 Å². The van der Waals surface area contributed by atoms with Crippen LogP contribution in [-0.4, -0.2) is 47.0 Å². The highest BCUT2D eigenvalue weighted by molar-refractivity contribution is 5.92. The molecule has 0 aliphatic heterocycles.